The van der Waals surface area contributed by atoms with Gasteiger partial charge < -0.3 is 21.3 Å². The van der Waals surface area contributed by atoms with Crippen LogP contribution in [-0.2, 0) is 16.0 Å². The summed E-state index contributed by atoms with van der Waals surface area (Å²) in [7, 11) is 0. The van der Waals surface area contributed by atoms with Crippen molar-refractivity contribution in [3.05, 3.63) is 35.9 Å². The Balaban J connectivity index is 2.78. The second-order valence-corrected chi connectivity index (χ2v) is 5.82. The van der Waals surface area contributed by atoms with Crippen molar-refractivity contribution >= 4 is 11.9 Å². The van der Waals surface area contributed by atoms with Gasteiger partial charge in [0.1, 0.15) is 0 Å². The molecule has 0 aromatic heterocycles. The largest absolute Gasteiger partial charge is 0.479 e. The molecule has 6 nitrogen and oxygen atoms in total. The molecule has 122 valence electrons. The first kappa shape index (κ1) is 18.1. The predicted molar refractivity (Wildman–Crippen MR) is 83.1 cm³/mol. The number of amides is 1. The van der Waals surface area contributed by atoms with Crippen molar-refractivity contribution in [1.29, 1.82) is 0 Å². The van der Waals surface area contributed by atoms with Crippen molar-refractivity contribution in [2.75, 3.05) is 0 Å². The van der Waals surface area contributed by atoms with E-state index in [1.54, 1.807) is 0 Å². The Hall–Kier alpha value is -1.92. The Kier molecular flexibility index (Phi) is 7.01. The minimum absolute atomic E-state index is 0.217. The molecule has 0 aliphatic rings. The molecule has 0 aliphatic heterocycles. The number of hydrogen-bond donors (Lipinski definition) is 4. The highest BCUT2D eigenvalue weighted by Crippen LogP contribution is 2.08. The van der Waals surface area contributed by atoms with E-state index in [0.717, 1.165) is 5.56 Å². The molecule has 6 heteroatoms. The monoisotopic (exact) mass is 308 g/mol. The van der Waals surface area contributed by atoms with E-state index in [9.17, 15) is 14.7 Å². The van der Waals surface area contributed by atoms with Crippen molar-refractivity contribution in [2.24, 2.45) is 11.7 Å². The van der Waals surface area contributed by atoms with Gasteiger partial charge in [0.15, 0.2) is 6.10 Å². The summed E-state index contributed by atoms with van der Waals surface area (Å²) in [5.41, 5.74) is 6.62. The van der Waals surface area contributed by atoms with Gasteiger partial charge in [0, 0.05) is 0 Å². The number of carbonyl (C=O) groups is 2. The molecule has 0 unspecified atom stereocenters. The summed E-state index contributed by atoms with van der Waals surface area (Å²) in [5, 5.41) is 21.4. The number of carboxylic acid groups (broad SMARTS) is 1. The SMILES string of the molecule is CC(C)C[C@H](N)C(=O)N[C@H](Cc1ccccc1)[C@H](O)C(=O)O. The zero-order chi connectivity index (χ0) is 16.7. The molecule has 0 saturated heterocycles. The van der Waals surface area contributed by atoms with Gasteiger partial charge in [0.05, 0.1) is 12.1 Å². The maximum atomic E-state index is 12.1. The minimum atomic E-state index is -1.68. The molecular formula is C16H24N2O4. The van der Waals surface area contributed by atoms with Crippen LogP contribution in [0.5, 0.6) is 0 Å². The highest BCUT2D eigenvalue weighted by atomic mass is 16.4. The van der Waals surface area contributed by atoms with E-state index < -0.39 is 30.1 Å². The maximum Gasteiger partial charge on any atom is 0.334 e. The van der Waals surface area contributed by atoms with Crippen molar-refractivity contribution in [3.63, 3.8) is 0 Å². The Morgan fingerprint density at radius 3 is 2.32 bits per heavy atom. The van der Waals surface area contributed by atoms with Crippen molar-refractivity contribution in [3.8, 4) is 0 Å². The lowest BCUT2D eigenvalue weighted by atomic mass is 9.99. The van der Waals surface area contributed by atoms with Gasteiger partial charge in [-0.2, -0.15) is 0 Å². The molecule has 1 aromatic carbocycles. The summed E-state index contributed by atoms with van der Waals surface area (Å²) < 4.78 is 0. The molecule has 0 radical (unpaired) electrons. The number of aliphatic carboxylic acids is 1. The third-order valence-corrected chi connectivity index (χ3v) is 3.32. The standard InChI is InChI=1S/C16H24N2O4/c1-10(2)8-12(17)15(20)18-13(14(19)16(21)22)9-11-6-4-3-5-7-11/h3-7,10,12-14,19H,8-9,17H2,1-2H3,(H,18,20)(H,21,22)/t12-,13+,14-/m0/s1. The molecule has 0 saturated carbocycles. The summed E-state index contributed by atoms with van der Waals surface area (Å²) in [5.74, 6) is -1.58. The molecule has 1 amide bonds. The summed E-state index contributed by atoms with van der Waals surface area (Å²) >= 11 is 0. The van der Waals surface area contributed by atoms with Crippen LogP contribution in [0, 0.1) is 5.92 Å². The third kappa shape index (κ3) is 5.83. The Morgan fingerprint density at radius 2 is 1.82 bits per heavy atom. The van der Waals surface area contributed by atoms with E-state index in [1.165, 1.54) is 0 Å². The molecule has 3 atom stereocenters. The van der Waals surface area contributed by atoms with Crippen molar-refractivity contribution < 1.29 is 19.8 Å². The average Bonchev–Trinajstić information content (AvgIpc) is 2.45. The van der Waals surface area contributed by atoms with Crippen molar-refractivity contribution in [1.82, 2.24) is 5.32 Å². The van der Waals surface area contributed by atoms with E-state index in [2.05, 4.69) is 5.32 Å². The van der Waals surface area contributed by atoms with E-state index in [4.69, 9.17) is 10.8 Å². The molecular weight excluding hydrogens is 284 g/mol. The van der Waals surface area contributed by atoms with E-state index >= 15 is 0 Å². The van der Waals surface area contributed by atoms with E-state index in [0.29, 0.717) is 6.42 Å². The molecule has 1 aromatic rings. The van der Waals surface area contributed by atoms with Gasteiger partial charge in [-0.3, -0.25) is 4.79 Å². The number of aliphatic hydroxyl groups excluding tert-OH is 1. The predicted octanol–water partition coefficient (Wildman–Crippen LogP) is 0.533. The van der Waals surface area contributed by atoms with Gasteiger partial charge in [-0.15, -0.1) is 0 Å². The van der Waals surface area contributed by atoms with Crippen LogP contribution in [0.1, 0.15) is 25.8 Å². The van der Waals surface area contributed by atoms with Crippen LogP contribution < -0.4 is 11.1 Å². The lowest BCUT2D eigenvalue weighted by molar-refractivity contribution is -0.148. The van der Waals surface area contributed by atoms with Crippen LogP contribution in [0.15, 0.2) is 30.3 Å². The molecule has 1 rings (SSSR count). The molecule has 0 heterocycles. The van der Waals surface area contributed by atoms with Gasteiger partial charge in [-0.1, -0.05) is 44.2 Å². The first-order chi connectivity index (χ1) is 10.3. The fourth-order valence-electron chi connectivity index (χ4n) is 2.19. The number of carboxylic acids is 1. The summed E-state index contributed by atoms with van der Waals surface area (Å²) in [6.07, 6.45) is -0.975. The van der Waals surface area contributed by atoms with Gasteiger partial charge in [0.25, 0.3) is 0 Å². The maximum absolute atomic E-state index is 12.1. The zero-order valence-electron chi connectivity index (χ0n) is 12.9. The third-order valence-electron chi connectivity index (χ3n) is 3.32. The van der Waals surface area contributed by atoms with Crippen LogP contribution in [-0.4, -0.2) is 40.3 Å². The Bertz CT molecular complexity index is 490. The summed E-state index contributed by atoms with van der Waals surface area (Å²) in [6.45, 7) is 3.89. The second-order valence-electron chi connectivity index (χ2n) is 5.82. The van der Waals surface area contributed by atoms with Crippen molar-refractivity contribution in [2.45, 2.75) is 44.9 Å². The van der Waals surface area contributed by atoms with Gasteiger partial charge in [-0.25, -0.2) is 4.79 Å². The van der Waals surface area contributed by atoms with Crippen LogP contribution >= 0.6 is 0 Å². The highest BCUT2D eigenvalue weighted by molar-refractivity contribution is 5.83. The summed E-state index contributed by atoms with van der Waals surface area (Å²) in [4.78, 5) is 23.1. The number of aliphatic hydroxyl groups is 1. The van der Waals surface area contributed by atoms with Crippen LogP contribution in [0.4, 0.5) is 0 Å². The van der Waals surface area contributed by atoms with Gasteiger partial charge >= 0.3 is 5.97 Å². The zero-order valence-corrected chi connectivity index (χ0v) is 12.9. The number of nitrogens with one attached hydrogen (secondary N) is 1. The van der Waals surface area contributed by atoms with Gasteiger partial charge in [-0.05, 0) is 24.3 Å². The molecule has 0 bridgehead atoms. The first-order valence-electron chi connectivity index (χ1n) is 7.32. The molecule has 0 aliphatic carbocycles. The number of benzene rings is 1. The Morgan fingerprint density at radius 1 is 1.23 bits per heavy atom. The smallest absolute Gasteiger partial charge is 0.334 e. The van der Waals surface area contributed by atoms with Crippen LogP contribution in [0.2, 0.25) is 0 Å². The van der Waals surface area contributed by atoms with E-state index in [1.807, 2.05) is 44.2 Å². The average molecular weight is 308 g/mol. The normalized spacial score (nSPS) is 15.1. The highest BCUT2D eigenvalue weighted by Gasteiger charge is 2.29. The molecule has 0 fully saturated rings. The Labute approximate surface area is 130 Å². The number of hydrogen-bond acceptors (Lipinski definition) is 4. The topological polar surface area (TPSA) is 113 Å². The van der Waals surface area contributed by atoms with E-state index in [-0.39, 0.29) is 12.3 Å². The summed E-state index contributed by atoms with van der Waals surface area (Å²) in [6, 6.07) is 7.43. The minimum Gasteiger partial charge on any atom is -0.479 e. The van der Waals surface area contributed by atoms with Crippen LogP contribution in [0.25, 0.3) is 0 Å². The van der Waals surface area contributed by atoms with Gasteiger partial charge in [0.2, 0.25) is 5.91 Å². The lowest BCUT2D eigenvalue weighted by Crippen LogP contribution is -2.53. The second kappa shape index (κ2) is 8.51. The number of carbonyl (C=O) groups excluding carboxylic acids is 1. The fraction of sp³-hybridized carbons (Fsp3) is 0.500. The molecule has 22 heavy (non-hydrogen) atoms. The number of nitrogens with two attached hydrogens (primary N) is 1. The molecule has 0 spiro atoms. The fourth-order valence-corrected chi connectivity index (χ4v) is 2.19. The molecule has 5 N–H and O–H groups in total. The number of rotatable bonds is 8. The quantitative estimate of drug-likeness (QED) is 0.559. The van der Waals surface area contributed by atoms with Crippen LogP contribution in [0.3, 0.4) is 0 Å². The lowest BCUT2D eigenvalue weighted by Gasteiger charge is -2.24. The first-order valence-corrected chi connectivity index (χ1v) is 7.32.